The molecule has 1 aliphatic heterocycles. The van der Waals surface area contributed by atoms with Gasteiger partial charge in [-0.1, -0.05) is 6.07 Å². The van der Waals surface area contributed by atoms with E-state index in [0.29, 0.717) is 5.69 Å². The van der Waals surface area contributed by atoms with E-state index in [1.807, 2.05) is 46.3 Å². The highest BCUT2D eigenvalue weighted by molar-refractivity contribution is 7.10. The van der Waals surface area contributed by atoms with E-state index in [2.05, 4.69) is 5.32 Å². The minimum absolute atomic E-state index is 0.0884. The van der Waals surface area contributed by atoms with Crippen molar-refractivity contribution in [2.75, 3.05) is 12.4 Å². The largest absolute Gasteiger partial charge is 0.497 e. The highest BCUT2D eigenvalue weighted by Gasteiger charge is 2.34. The van der Waals surface area contributed by atoms with E-state index in [1.54, 1.807) is 24.6 Å². The number of hydrogen-bond acceptors (Lipinski definition) is 4. The Morgan fingerprint density at radius 3 is 2.69 bits per heavy atom. The van der Waals surface area contributed by atoms with Crippen LogP contribution in [0.4, 0.5) is 5.69 Å². The first kappa shape index (κ1) is 16.4. The first-order chi connectivity index (χ1) is 12.6. The summed E-state index contributed by atoms with van der Waals surface area (Å²) in [6.45, 7) is 0. The molecule has 0 saturated heterocycles. The molecule has 6 nitrogen and oxygen atoms in total. The summed E-state index contributed by atoms with van der Waals surface area (Å²) < 4.78 is 7.05. The van der Waals surface area contributed by atoms with Crippen LogP contribution in [0.2, 0.25) is 0 Å². The first-order valence-corrected chi connectivity index (χ1v) is 8.92. The molecular formula is C19H16N2O4S. The van der Waals surface area contributed by atoms with Crippen LogP contribution in [-0.4, -0.2) is 28.7 Å². The van der Waals surface area contributed by atoms with Gasteiger partial charge in [0, 0.05) is 29.1 Å². The molecule has 2 N–H and O–H groups in total. The Bertz CT molecular complexity index is 974. The second-order valence-electron chi connectivity index (χ2n) is 6.00. The van der Waals surface area contributed by atoms with E-state index >= 15 is 0 Å². The fourth-order valence-electron chi connectivity index (χ4n) is 3.31. The number of anilines is 1. The van der Waals surface area contributed by atoms with Crippen molar-refractivity contribution in [1.82, 2.24) is 4.57 Å². The standard InChI is InChI=1S/C19H16N2O4S/c1-25-12-6-4-11(5-7-12)21-10-14(19(23)24)17-18(21)13(9-16(22)20-17)15-3-2-8-26-15/h2-8,10,13H,9H2,1H3,(H,20,22)(H,23,24)/t13-/m1/s1. The molecule has 1 aliphatic rings. The van der Waals surface area contributed by atoms with Crippen LogP contribution in [0.1, 0.15) is 33.3 Å². The number of carboxylic acids is 1. The molecule has 4 rings (SSSR count). The zero-order valence-corrected chi connectivity index (χ0v) is 14.7. The Hall–Kier alpha value is -3.06. The van der Waals surface area contributed by atoms with Gasteiger partial charge in [-0.05, 0) is 35.7 Å². The third-order valence-corrected chi connectivity index (χ3v) is 5.48. The summed E-state index contributed by atoms with van der Waals surface area (Å²) in [6, 6.07) is 11.3. The lowest BCUT2D eigenvalue weighted by Gasteiger charge is -2.25. The van der Waals surface area contributed by atoms with Gasteiger partial charge in [0.2, 0.25) is 5.91 Å². The number of aromatic carboxylic acids is 1. The fraction of sp³-hybridized carbons (Fsp3) is 0.158. The third kappa shape index (κ3) is 2.66. The monoisotopic (exact) mass is 368 g/mol. The molecule has 1 aromatic carbocycles. The molecule has 3 aromatic rings. The van der Waals surface area contributed by atoms with Crippen molar-refractivity contribution in [1.29, 1.82) is 0 Å². The van der Waals surface area contributed by atoms with E-state index < -0.39 is 5.97 Å². The summed E-state index contributed by atoms with van der Waals surface area (Å²) >= 11 is 1.56. The molecule has 1 atom stereocenters. The number of hydrogen-bond donors (Lipinski definition) is 2. The van der Waals surface area contributed by atoms with Gasteiger partial charge in [-0.3, -0.25) is 4.79 Å². The fourth-order valence-corrected chi connectivity index (χ4v) is 4.14. The number of carboxylic acid groups (broad SMARTS) is 1. The molecule has 0 unspecified atom stereocenters. The number of nitrogens with one attached hydrogen (secondary N) is 1. The molecule has 0 radical (unpaired) electrons. The smallest absolute Gasteiger partial charge is 0.339 e. The first-order valence-electron chi connectivity index (χ1n) is 8.04. The van der Waals surface area contributed by atoms with Gasteiger partial charge in [-0.25, -0.2) is 4.79 Å². The lowest BCUT2D eigenvalue weighted by Crippen LogP contribution is -2.25. The molecular weight excluding hydrogens is 352 g/mol. The summed E-state index contributed by atoms with van der Waals surface area (Å²) in [5, 5.41) is 14.3. The third-order valence-electron chi connectivity index (χ3n) is 4.49. The van der Waals surface area contributed by atoms with Crippen molar-refractivity contribution in [3.63, 3.8) is 0 Å². The topological polar surface area (TPSA) is 80.6 Å². The van der Waals surface area contributed by atoms with Crippen molar-refractivity contribution < 1.29 is 19.4 Å². The van der Waals surface area contributed by atoms with Gasteiger partial charge >= 0.3 is 5.97 Å². The molecule has 1 amide bonds. The van der Waals surface area contributed by atoms with Gasteiger partial charge in [-0.15, -0.1) is 11.3 Å². The van der Waals surface area contributed by atoms with Crippen LogP contribution in [0.5, 0.6) is 5.75 Å². The molecule has 0 saturated carbocycles. The van der Waals surface area contributed by atoms with E-state index in [9.17, 15) is 14.7 Å². The highest BCUT2D eigenvalue weighted by Crippen LogP contribution is 2.42. The summed E-state index contributed by atoms with van der Waals surface area (Å²) in [7, 11) is 1.59. The molecule has 7 heteroatoms. The van der Waals surface area contributed by atoms with E-state index in [4.69, 9.17) is 4.74 Å². The Morgan fingerprint density at radius 2 is 2.08 bits per heavy atom. The van der Waals surface area contributed by atoms with Crippen molar-refractivity contribution in [3.8, 4) is 11.4 Å². The summed E-state index contributed by atoms with van der Waals surface area (Å²) in [5.41, 5.74) is 2.07. The minimum Gasteiger partial charge on any atom is -0.497 e. The van der Waals surface area contributed by atoms with Gasteiger partial charge in [0.25, 0.3) is 0 Å². The average molecular weight is 368 g/mol. The van der Waals surface area contributed by atoms with Gasteiger partial charge in [-0.2, -0.15) is 0 Å². The van der Waals surface area contributed by atoms with Gasteiger partial charge in [0.15, 0.2) is 0 Å². The summed E-state index contributed by atoms with van der Waals surface area (Å²) in [5.74, 6) is -0.711. The van der Waals surface area contributed by atoms with Crippen molar-refractivity contribution in [2.45, 2.75) is 12.3 Å². The number of carbonyl (C=O) groups excluding carboxylic acids is 1. The zero-order valence-electron chi connectivity index (χ0n) is 13.9. The van der Waals surface area contributed by atoms with Crippen LogP contribution in [-0.2, 0) is 4.79 Å². The number of rotatable bonds is 4. The van der Waals surface area contributed by atoms with Crippen LogP contribution >= 0.6 is 11.3 Å². The molecule has 132 valence electrons. The van der Waals surface area contributed by atoms with Gasteiger partial charge in [0.1, 0.15) is 11.3 Å². The average Bonchev–Trinajstić information content (AvgIpc) is 3.29. The number of thiophene rings is 1. The second kappa shape index (κ2) is 6.34. The van der Waals surface area contributed by atoms with Crippen LogP contribution in [0.15, 0.2) is 48.0 Å². The Balaban J connectivity index is 1.93. The SMILES string of the molecule is COc1ccc(-n2cc(C(=O)O)c3c2[C@@H](c2cccs2)CC(=O)N3)cc1. The number of ether oxygens (including phenoxy) is 1. The molecule has 2 aromatic heterocycles. The Labute approximate surface area is 153 Å². The van der Waals surface area contributed by atoms with Crippen molar-refractivity contribution in [3.05, 3.63) is 64.1 Å². The molecule has 0 spiro atoms. The molecule has 0 fully saturated rings. The van der Waals surface area contributed by atoms with E-state index in [1.165, 1.54) is 0 Å². The maximum Gasteiger partial charge on any atom is 0.339 e. The van der Waals surface area contributed by atoms with E-state index in [0.717, 1.165) is 22.0 Å². The van der Waals surface area contributed by atoms with Crippen molar-refractivity contribution >= 4 is 28.9 Å². The maximum atomic E-state index is 12.2. The van der Waals surface area contributed by atoms with Crippen LogP contribution in [0.25, 0.3) is 5.69 Å². The summed E-state index contributed by atoms with van der Waals surface area (Å²) in [4.78, 5) is 25.0. The van der Waals surface area contributed by atoms with Gasteiger partial charge < -0.3 is 19.7 Å². The molecule has 0 bridgehead atoms. The Morgan fingerprint density at radius 1 is 1.31 bits per heavy atom. The predicted molar refractivity (Wildman–Crippen MR) is 98.7 cm³/mol. The maximum absolute atomic E-state index is 12.2. The number of carbonyl (C=O) groups is 2. The van der Waals surface area contributed by atoms with Crippen LogP contribution in [0.3, 0.4) is 0 Å². The number of aromatic nitrogens is 1. The van der Waals surface area contributed by atoms with Crippen LogP contribution < -0.4 is 10.1 Å². The number of amides is 1. The lowest BCUT2D eigenvalue weighted by atomic mass is 9.93. The normalized spacial score (nSPS) is 16.0. The molecule has 0 aliphatic carbocycles. The number of nitrogens with zero attached hydrogens (tertiary/aromatic N) is 1. The summed E-state index contributed by atoms with van der Waals surface area (Å²) in [6.07, 6.45) is 1.85. The van der Waals surface area contributed by atoms with E-state index in [-0.39, 0.29) is 23.8 Å². The molecule has 26 heavy (non-hydrogen) atoms. The van der Waals surface area contributed by atoms with Crippen LogP contribution in [0, 0.1) is 0 Å². The quantitative estimate of drug-likeness (QED) is 0.735. The lowest BCUT2D eigenvalue weighted by molar-refractivity contribution is -0.116. The predicted octanol–water partition coefficient (Wildman–Crippen LogP) is 3.72. The van der Waals surface area contributed by atoms with Gasteiger partial charge in [0.05, 0.1) is 18.5 Å². The van der Waals surface area contributed by atoms with Crippen molar-refractivity contribution in [2.24, 2.45) is 0 Å². The highest BCUT2D eigenvalue weighted by atomic mass is 32.1. The number of benzene rings is 1. The second-order valence-corrected chi connectivity index (χ2v) is 6.98. The molecule has 3 heterocycles. The minimum atomic E-state index is -1.07. The Kier molecular flexibility index (Phi) is 4.00. The number of fused-ring (bicyclic) bond motifs is 1. The number of methoxy groups -OCH3 is 1. The zero-order chi connectivity index (χ0) is 18.3.